The summed E-state index contributed by atoms with van der Waals surface area (Å²) in [6.07, 6.45) is 3.65. The van der Waals surface area contributed by atoms with Crippen molar-refractivity contribution in [2.24, 2.45) is 0 Å². The number of ether oxygens (including phenoxy) is 1. The molecular weight excluding hydrogens is 444 g/mol. The van der Waals surface area contributed by atoms with Gasteiger partial charge >= 0.3 is 12.1 Å². The molecule has 0 bridgehead atoms. The van der Waals surface area contributed by atoms with Crippen molar-refractivity contribution < 1.29 is 24.2 Å². The Morgan fingerprint density at radius 3 is 2.17 bits per heavy atom. The van der Waals surface area contributed by atoms with Gasteiger partial charge in [-0.1, -0.05) is 60.2 Å². The molecule has 7 heteroatoms. The minimum absolute atomic E-state index is 0.0236. The van der Waals surface area contributed by atoms with Gasteiger partial charge in [0.05, 0.1) is 5.54 Å². The maximum Gasteiger partial charge on any atom is 0.407 e. The van der Waals surface area contributed by atoms with E-state index in [-0.39, 0.29) is 25.4 Å². The smallest absolute Gasteiger partial charge is 0.407 e. The molecule has 7 nitrogen and oxygen atoms in total. The Labute approximate surface area is 205 Å². The van der Waals surface area contributed by atoms with Crippen LogP contribution in [0.4, 0.5) is 4.79 Å². The van der Waals surface area contributed by atoms with Crippen LogP contribution in [0.25, 0.3) is 11.1 Å². The number of nitrogens with one attached hydrogen (secondary N) is 2. The van der Waals surface area contributed by atoms with Crippen molar-refractivity contribution in [1.82, 2.24) is 10.6 Å². The molecule has 2 aliphatic carbocycles. The van der Waals surface area contributed by atoms with Crippen LogP contribution in [0, 0.1) is 0 Å². The Balaban J connectivity index is 1.35. The number of aliphatic carboxylic acids is 1. The van der Waals surface area contributed by atoms with Gasteiger partial charge in [-0.3, -0.25) is 4.79 Å². The van der Waals surface area contributed by atoms with Gasteiger partial charge in [-0.15, -0.1) is 0 Å². The SMILES string of the molecule is CC(C)=CCC(NC(=O)CC1(NC(=O)OCC2c3ccccc3-c3ccccc32)CCC1)C(=O)O. The third kappa shape index (κ3) is 5.56. The van der Waals surface area contributed by atoms with E-state index in [4.69, 9.17) is 4.74 Å². The molecule has 35 heavy (non-hydrogen) atoms. The zero-order valence-electron chi connectivity index (χ0n) is 20.2. The third-order valence-corrected chi connectivity index (χ3v) is 6.92. The van der Waals surface area contributed by atoms with Crippen molar-refractivity contribution in [1.29, 1.82) is 0 Å². The second-order valence-electron chi connectivity index (χ2n) is 9.74. The quantitative estimate of drug-likeness (QED) is 0.453. The number of carboxylic acid groups (broad SMARTS) is 1. The summed E-state index contributed by atoms with van der Waals surface area (Å²) in [5.74, 6) is -1.51. The first-order valence-electron chi connectivity index (χ1n) is 12.1. The molecule has 2 aromatic rings. The molecule has 2 amide bonds. The largest absolute Gasteiger partial charge is 0.480 e. The Kier molecular flexibility index (Phi) is 7.24. The number of allylic oxidation sites excluding steroid dienone is 1. The van der Waals surface area contributed by atoms with E-state index >= 15 is 0 Å². The van der Waals surface area contributed by atoms with E-state index < -0.39 is 29.6 Å². The minimum atomic E-state index is -1.08. The van der Waals surface area contributed by atoms with Crippen LogP contribution in [0.2, 0.25) is 0 Å². The van der Waals surface area contributed by atoms with Crippen molar-refractivity contribution in [2.75, 3.05) is 6.61 Å². The Bertz CT molecular complexity index is 1100. The second-order valence-corrected chi connectivity index (χ2v) is 9.74. The molecule has 0 radical (unpaired) electrons. The number of hydrogen-bond donors (Lipinski definition) is 3. The normalized spacial score (nSPS) is 16.2. The first-order valence-corrected chi connectivity index (χ1v) is 12.1. The highest BCUT2D eigenvalue weighted by Gasteiger charge is 2.41. The van der Waals surface area contributed by atoms with Crippen molar-refractivity contribution in [3.8, 4) is 11.1 Å². The van der Waals surface area contributed by atoms with Crippen molar-refractivity contribution in [3.63, 3.8) is 0 Å². The van der Waals surface area contributed by atoms with Crippen molar-refractivity contribution in [3.05, 3.63) is 71.3 Å². The fraction of sp³-hybridized carbons (Fsp3) is 0.393. The molecule has 0 saturated heterocycles. The van der Waals surface area contributed by atoms with Gasteiger partial charge in [-0.25, -0.2) is 9.59 Å². The molecule has 2 aliphatic rings. The summed E-state index contributed by atoms with van der Waals surface area (Å²) in [6, 6.07) is 15.3. The van der Waals surface area contributed by atoms with Crippen LogP contribution >= 0.6 is 0 Å². The number of carboxylic acids is 1. The van der Waals surface area contributed by atoms with Gasteiger partial charge in [0.1, 0.15) is 12.6 Å². The van der Waals surface area contributed by atoms with Gasteiger partial charge in [0.15, 0.2) is 0 Å². The molecule has 0 aromatic heterocycles. The minimum Gasteiger partial charge on any atom is -0.480 e. The Hall–Kier alpha value is -3.61. The molecule has 1 saturated carbocycles. The fourth-order valence-corrected chi connectivity index (χ4v) is 4.93. The first-order chi connectivity index (χ1) is 16.8. The highest BCUT2D eigenvalue weighted by Crippen LogP contribution is 2.44. The molecule has 1 atom stereocenters. The third-order valence-electron chi connectivity index (χ3n) is 6.92. The summed E-state index contributed by atoms with van der Waals surface area (Å²) in [5.41, 5.74) is 4.87. The monoisotopic (exact) mass is 476 g/mol. The van der Waals surface area contributed by atoms with E-state index in [0.29, 0.717) is 12.8 Å². The Morgan fingerprint density at radius 1 is 1.06 bits per heavy atom. The zero-order valence-corrected chi connectivity index (χ0v) is 20.2. The van der Waals surface area contributed by atoms with Crippen LogP contribution in [0.5, 0.6) is 0 Å². The van der Waals surface area contributed by atoms with Gasteiger partial charge in [0.2, 0.25) is 5.91 Å². The number of alkyl carbamates (subject to hydrolysis) is 1. The number of amides is 2. The lowest BCUT2D eigenvalue weighted by atomic mass is 9.74. The summed E-state index contributed by atoms with van der Waals surface area (Å²) in [4.78, 5) is 36.9. The van der Waals surface area contributed by atoms with Crippen molar-refractivity contribution >= 4 is 18.0 Å². The molecule has 3 N–H and O–H groups in total. The molecule has 2 aromatic carbocycles. The molecule has 4 rings (SSSR count). The van der Waals surface area contributed by atoms with Crippen LogP contribution in [0.3, 0.4) is 0 Å². The van der Waals surface area contributed by atoms with Gasteiger partial charge < -0.3 is 20.5 Å². The molecular formula is C28H32N2O5. The number of carbonyl (C=O) groups excluding carboxylic acids is 2. The van der Waals surface area contributed by atoms with Crippen molar-refractivity contribution in [2.45, 2.75) is 63.5 Å². The lowest BCUT2D eigenvalue weighted by molar-refractivity contribution is -0.142. The number of rotatable bonds is 9. The standard InChI is InChI=1S/C28H32N2O5/c1-18(2)12-13-24(26(32)33)29-25(31)16-28(14-7-15-28)30-27(34)35-17-23-21-10-5-3-8-19(21)20-9-4-6-11-22(20)23/h3-6,8-12,23-24H,7,13-17H2,1-2H3,(H,29,31)(H,30,34)(H,32,33). The summed E-state index contributed by atoms with van der Waals surface area (Å²) in [7, 11) is 0. The molecule has 0 aliphatic heterocycles. The lowest BCUT2D eigenvalue weighted by Crippen LogP contribution is -2.57. The Morgan fingerprint density at radius 2 is 1.66 bits per heavy atom. The van der Waals surface area contributed by atoms with E-state index in [1.807, 2.05) is 38.1 Å². The zero-order chi connectivity index (χ0) is 25.0. The van der Waals surface area contributed by atoms with Crippen LogP contribution in [-0.4, -0.2) is 41.3 Å². The fourth-order valence-electron chi connectivity index (χ4n) is 4.93. The molecule has 0 heterocycles. The van der Waals surface area contributed by atoms with E-state index in [9.17, 15) is 19.5 Å². The first kappa shape index (κ1) is 24.5. The van der Waals surface area contributed by atoms with E-state index in [1.54, 1.807) is 6.08 Å². The van der Waals surface area contributed by atoms with E-state index in [2.05, 4.69) is 34.9 Å². The van der Waals surface area contributed by atoms with Crippen LogP contribution in [-0.2, 0) is 14.3 Å². The number of hydrogen-bond acceptors (Lipinski definition) is 4. The highest BCUT2D eigenvalue weighted by atomic mass is 16.5. The van der Waals surface area contributed by atoms with E-state index in [1.165, 1.54) is 0 Å². The number of benzene rings is 2. The van der Waals surface area contributed by atoms with Crippen LogP contribution in [0.15, 0.2) is 60.2 Å². The van der Waals surface area contributed by atoms with Gasteiger partial charge in [-0.2, -0.15) is 0 Å². The molecule has 184 valence electrons. The average Bonchev–Trinajstić information content (AvgIpc) is 3.12. The van der Waals surface area contributed by atoms with Crippen LogP contribution < -0.4 is 10.6 Å². The topological polar surface area (TPSA) is 105 Å². The van der Waals surface area contributed by atoms with Crippen LogP contribution in [0.1, 0.15) is 63.0 Å². The van der Waals surface area contributed by atoms with Gasteiger partial charge in [0.25, 0.3) is 0 Å². The highest BCUT2D eigenvalue weighted by molar-refractivity contribution is 5.85. The lowest BCUT2D eigenvalue weighted by Gasteiger charge is -2.41. The van der Waals surface area contributed by atoms with E-state index in [0.717, 1.165) is 34.2 Å². The summed E-state index contributed by atoms with van der Waals surface area (Å²) in [6.45, 7) is 3.96. The molecule has 1 unspecified atom stereocenters. The summed E-state index contributed by atoms with van der Waals surface area (Å²) < 4.78 is 5.65. The maximum absolute atomic E-state index is 12.8. The number of fused-ring (bicyclic) bond motifs is 3. The second kappa shape index (κ2) is 10.3. The van der Waals surface area contributed by atoms with Gasteiger partial charge in [0, 0.05) is 12.3 Å². The maximum atomic E-state index is 12.8. The number of carbonyl (C=O) groups is 3. The predicted molar refractivity (Wildman–Crippen MR) is 133 cm³/mol. The molecule has 1 fully saturated rings. The average molecular weight is 477 g/mol. The molecule has 0 spiro atoms. The summed E-state index contributed by atoms with van der Waals surface area (Å²) >= 11 is 0. The summed E-state index contributed by atoms with van der Waals surface area (Å²) in [5, 5.41) is 14.9. The predicted octanol–water partition coefficient (Wildman–Crippen LogP) is 4.76. The van der Waals surface area contributed by atoms with Gasteiger partial charge in [-0.05, 0) is 61.8 Å².